The minimum atomic E-state index is -0.210. The summed E-state index contributed by atoms with van der Waals surface area (Å²) in [6, 6.07) is 7.45. The minimum Gasteiger partial charge on any atom is -0.493 e. The molecule has 0 bridgehead atoms. The first kappa shape index (κ1) is 19.9. The number of nitrogens with zero attached hydrogens (tertiary/aromatic N) is 3. The predicted molar refractivity (Wildman–Crippen MR) is 107 cm³/mol. The van der Waals surface area contributed by atoms with Gasteiger partial charge in [0.1, 0.15) is 5.76 Å². The molecule has 28 heavy (non-hydrogen) atoms. The van der Waals surface area contributed by atoms with Crippen LogP contribution < -0.4 is 14.8 Å². The molecule has 0 spiro atoms. The minimum absolute atomic E-state index is 0.210. The molecule has 1 amide bonds. The van der Waals surface area contributed by atoms with Gasteiger partial charge in [-0.3, -0.25) is 9.80 Å². The monoisotopic (exact) mass is 404 g/mol. The van der Waals surface area contributed by atoms with Crippen LogP contribution in [0.3, 0.4) is 0 Å². The lowest BCUT2D eigenvalue weighted by Gasteiger charge is -2.29. The summed E-state index contributed by atoms with van der Waals surface area (Å²) in [5.74, 6) is 1.79. The molecule has 1 N–H and O–H groups in total. The van der Waals surface area contributed by atoms with Crippen molar-refractivity contribution in [3.8, 4) is 11.5 Å². The standard InChI is InChI=1S/C19H24N4O4S/c1-13-11-15(21-27-13)18(24)22-9-4-10-23(22)19(28)20-8-7-14-5-6-16(25-2)17(12-14)26-3/h5-6,11-12H,4,7-10H2,1-3H3,(H,20,28). The van der Waals surface area contributed by atoms with Crippen molar-refractivity contribution in [2.45, 2.75) is 19.8 Å². The van der Waals surface area contributed by atoms with E-state index in [1.54, 1.807) is 37.2 Å². The maximum Gasteiger partial charge on any atom is 0.294 e. The van der Waals surface area contributed by atoms with Crippen LogP contribution in [0.5, 0.6) is 11.5 Å². The maximum absolute atomic E-state index is 12.6. The molecule has 3 rings (SSSR count). The SMILES string of the molecule is COc1ccc(CCNC(=S)N2CCCN2C(=O)c2cc(C)on2)cc1OC. The van der Waals surface area contributed by atoms with Crippen LogP contribution in [0.4, 0.5) is 0 Å². The number of hydrogen-bond donors (Lipinski definition) is 1. The van der Waals surface area contributed by atoms with E-state index in [4.69, 9.17) is 26.2 Å². The molecule has 1 fully saturated rings. The fourth-order valence-electron chi connectivity index (χ4n) is 3.07. The molecule has 8 nitrogen and oxygen atoms in total. The Labute approximate surface area is 169 Å². The van der Waals surface area contributed by atoms with Crippen LogP contribution in [0.2, 0.25) is 0 Å². The van der Waals surface area contributed by atoms with Crippen LogP contribution in [-0.4, -0.2) is 60.0 Å². The quantitative estimate of drug-likeness (QED) is 0.734. The lowest BCUT2D eigenvalue weighted by Crippen LogP contribution is -2.49. The fraction of sp³-hybridized carbons (Fsp3) is 0.421. The number of aryl methyl sites for hydroxylation is 1. The number of benzene rings is 1. The molecule has 1 aromatic carbocycles. The Bertz CT molecular complexity index is 854. The summed E-state index contributed by atoms with van der Waals surface area (Å²) in [6.07, 6.45) is 1.60. The van der Waals surface area contributed by atoms with Gasteiger partial charge >= 0.3 is 0 Å². The van der Waals surface area contributed by atoms with Gasteiger partial charge in [-0.15, -0.1) is 0 Å². The van der Waals surface area contributed by atoms with Gasteiger partial charge in [0.25, 0.3) is 5.91 Å². The van der Waals surface area contributed by atoms with Gasteiger partial charge in [0.2, 0.25) is 0 Å². The fourth-order valence-corrected chi connectivity index (χ4v) is 3.37. The maximum atomic E-state index is 12.6. The van der Waals surface area contributed by atoms with Crippen molar-refractivity contribution in [3.05, 3.63) is 41.3 Å². The normalized spacial score (nSPS) is 13.5. The van der Waals surface area contributed by atoms with Gasteiger partial charge in [0.05, 0.1) is 14.2 Å². The Kier molecular flexibility index (Phi) is 6.35. The number of thiocarbonyl (C=S) groups is 1. The van der Waals surface area contributed by atoms with Crippen molar-refractivity contribution in [2.24, 2.45) is 0 Å². The Morgan fingerprint density at radius 1 is 1.21 bits per heavy atom. The third-order valence-electron chi connectivity index (χ3n) is 4.49. The zero-order chi connectivity index (χ0) is 20.1. The summed E-state index contributed by atoms with van der Waals surface area (Å²) in [7, 11) is 3.23. The number of hydrogen-bond acceptors (Lipinski definition) is 6. The summed E-state index contributed by atoms with van der Waals surface area (Å²) >= 11 is 5.50. The molecule has 1 aliphatic heterocycles. The van der Waals surface area contributed by atoms with Crippen LogP contribution in [0.1, 0.15) is 28.2 Å². The number of amides is 1. The third kappa shape index (κ3) is 4.36. The molecule has 0 aliphatic carbocycles. The Balaban J connectivity index is 1.56. The molecule has 0 radical (unpaired) electrons. The number of ether oxygens (including phenoxy) is 2. The summed E-state index contributed by atoms with van der Waals surface area (Å²) in [4.78, 5) is 12.6. The highest BCUT2D eigenvalue weighted by atomic mass is 32.1. The van der Waals surface area contributed by atoms with Crippen LogP contribution in [0, 0.1) is 6.92 Å². The topological polar surface area (TPSA) is 80.1 Å². The van der Waals surface area contributed by atoms with Crippen LogP contribution in [-0.2, 0) is 6.42 Å². The van der Waals surface area contributed by atoms with Gasteiger partial charge < -0.3 is 19.3 Å². The average Bonchev–Trinajstić information content (AvgIpc) is 3.36. The van der Waals surface area contributed by atoms with Crippen molar-refractivity contribution in [1.82, 2.24) is 20.5 Å². The Hall–Kier alpha value is -2.81. The van der Waals surface area contributed by atoms with Crippen molar-refractivity contribution < 1.29 is 18.8 Å². The number of nitrogens with one attached hydrogen (secondary N) is 1. The number of carbonyl (C=O) groups excluding carboxylic acids is 1. The van der Waals surface area contributed by atoms with E-state index < -0.39 is 0 Å². The molecule has 1 aromatic heterocycles. The highest BCUT2D eigenvalue weighted by Gasteiger charge is 2.30. The molecular weight excluding hydrogens is 380 g/mol. The molecule has 9 heteroatoms. The smallest absolute Gasteiger partial charge is 0.294 e. The molecule has 1 saturated heterocycles. The van der Waals surface area contributed by atoms with Crippen molar-refractivity contribution in [1.29, 1.82) is 0 Å². The third-order valence-corrected chi connectivity index (χ3v) is 4.84. The first-order valence-corrected chi connectivity index (χ1v) is 9.45. The van der Waals surface area contributed by atoms with E-state index in [2.05, 4.69) is 10.5 Å². The highest BCUT2D eigenvalue weighted by molar-refractivity contribution is 7.80. The van der Waals surface area contributed by atoms with Gasteiger partial charge in [-0.05, 0) is 49.7 Å². The molecule has 150 valence electrons. The average molecular weight is 404 g/mol. The molecule has 0 atom stereocenters. The molecule has 1 aliphatic rings. The summed E-state index contributed by atoms with van der Waals surface area (Å²) in [5.41, 5.74) is 1.39. The number of hydrazine groups is 1. The molecule has 2 aromatic rings. The van der Waals surface area contributed by atoms with Gasteiger partial charge in [-0.2, -0.15) is 0 Å². The van der Waals surface area contributed by atoms with Gasteiger partial charge in [-0.25, -0.2) is 5.01 Å². The highest BCUT2D eigenvalue weighted by Crippen LogP contribution is 2.27. The van der Waals surface area contributed by atoms with Crippen molar-refractivity contribution >= 4 is 23.2 Å². The van der Waals surface area contributed by atoms with E-state index in [-0.39, 0.29) is 11.6 Å². The number of methoxy groups -OCH3 is 2. The van der Waals surface area contributed by atoms with E-state index in [0.29, 0.717) is 42.0 Å². The summed E-state index contributed by atoms with van der Waals surface area (Å²) < 4.78 is 15.6. The molecule has 2 heterocycles. The number of carbonyl (C=O) groups is 1. The second kappa shape index (κ2) is 8.92. The zero-order valence-electron chi connectivity index (χ0n) is 16.2. The second-order valence-corrected chi connectivity index (χ2v) is 6.79. The van der Waals surface area contributed by atoms with Crippen LogP contribution in [0.25, 0.3) is 0 Å². The van der Waals surface area contributed by atoms with E-state index in [1.807, 2.05) is 18.2 Å². The van der Waals surface area contributed by atoms with Crippen molar-refractivity contribution in [3.63, 3.8) is 0 Å². The van der Waals surface area contributed by atoms with Gasteiger partial charge in [0.15, 0.2) is 22.3 Å². The number of aromatic nitrogens is 1. The predicted octanol–water partition coefficient (Wildman–Crippen LogP) is 2.18. The molecule has 0 saturated carbocycles. The molecule has 0 unspecified atom stereocenters. The summed E-state index contributed by atoms with van der Waals surface area (Å²) in [5, 5.41) is 11.0. The first-order valence-electron chi connectivity index (χ1n) is 9.05. The van der Waals surface area contributed by atoms with Crippen LogP contribution in [0.15, 0.2) is 28.8 Å². The second-order valence-electron chi connectivity index (χ2n) is 6.40. The Morgan fingerprint density at radius 3 is 2.64 bits per heavy atom. The van der Waals surface area contributed by atoms with Gasteiger partial charge in [0, 0.05) is 25.7 Å². The Morgan fingerprint density at radius 2 is 1.96 bits per heavy atom. The van der Waals surface area contributed by atoms with Gasteiger partial charge in [-0.1, -0.05) is 11.2 Å². The van der Waals surface area contributed by atoms with Crippen molar-refractivity contribution in [2.75, 3.05) is 33.9 Å². The lowest BCUT2D eigenvalue weighted by atomic mass is 10.1. The van der Waals surface area contributed by atoms with Crippen LogP contribution >= 0.6 is 12.2 Å². The van der Waals surface area contributed by atoms with E-state index in [1.165, 1.54) is 0 Å². The summed E-state index contributed by atoms with van der Waals surface area (Å²) in [6.45, 7) is 3.68. The first-order chi connectivity index (χ1) is 13.5. The van der Waals surface area contributed by atoms with E-state index >= 15 is 0 Å². The molecular formula is C19H24N4O4S. The number of rotatable bonds is 6. The zero-order valence-corrected chi connectivity index (χ0v) is 17.0. The largest absolute Gasteiger partial charge is 0.493 e. The lowest BCUT2D eigenvalue weighted by molar-refractivity contribution is 0.0481. The van der Waals surface area contributed by atoms with E-state index in [0.717, 1.165) is 18.4 Å². The van der Waals surface area contributed by atoms with E-state index in [9.17, 15) is 4.79 Å².